The van der Waals surface area contributed by atoms with E-state index in [0.717, 1.165) is 45.2 Å². The lowest BCUT2D eigenvalue weighted by Crippen LogP contribution is -2.38. The van der Waals surface area contributed by atoms with E-state index in [2.05, 4.69) is 48.7 Å². The number of halogens is 1. The van der Waals surface area contributed by atoms with Gasteiger partial charge in [-0.25, -0.2) is 0 Å². The van der Waals surface area contributed by atoms with Crippen molar-refractivity contribution in [3.8, 4) is 0 Å². The lowest BCUT2D eigenvalue weighted by atomic mass is 9.92. The summed E-state index contributed by atoms with van der Waals surface area (Å²) in [4.78, 5) is 4.84. The van der Waals surface area contributed by atoms with Gasteiger partial charge in [-0.3, -0.25) is 4.99 Å². The van der Waals surface area contributed by atoms with Crippen LogP contribution in [0.15, 0.2) is 29.3 Å². The molecular weight excluding hydrogens is 413 g/mol. The summed E-state index contributed by atoms with van der Waals surface area (Å²) in [7, 11) is 0. The van der Waals surface area contributed by atoms with Gasteiger partial charge in [-0.2, -0.15) is 0 Å². The Hall–Kier alpha value is -0.820. The van der Waals surface area contributed by atoms with E-state index in [4.69, 9.17) is 9.73 Å². The zero-order valence-electron chi connectivity index (χ0n) is 15.2. The van der Waals surface area contributed by atoms with Crippen molar-refractivity contribution in [2.75, 3.05) is 32.8 Å². The van der Waals surface area contributed by atoms with Crippen LogP contribution in [0.1, 0.15) is 44.2 Å². The summed E-state index contributed by atoms with van der Waals surface area (Å²) in [6.07, 6.45) is 3.48. The van der Waals surface area contributed by atoms with Crippen molar-refractivity contribution in [3.63, 3.8) is 0 Å². The first-order valence-corrected chi connectivity index (χ1v) is 8.88. The minimum atomic E-state index is 0. The van der Waals surface area contributed by atoms with Gasteiger partial charge in [-0.15, -0.1) is 24.0 Å². The van der Waals surface area contributed by atoms with E-state index in [1.807, 2.05) is 6.92 Å². The Morgan fingerprint density at radius 2 is 1.96 bits per heavy atom. The highest BCUT2D eigenvalue weighted by Gasteiger charge is 2.44. The van der Waals surface area contributed by atoms with Crippen molar-refractivity contribution in [2.24, 2.45) is 4.99 Å². The van der Waals surface area contributed by atoms with E-state index >= 15 is 0 Å². The van der Waals surface area contributed by atoms with Crippen molar-refractivity contribution in [2.45, 2.75) is 45.4 Å². The number of aryl methyl sites for hydroxylation is 1. The molecule has 1 aliphatic carbocycles. The van der Waals surface area contributed by atoms with Gasteiger partial charge in [-0.05, 0) is 51.2 Å². The maximum atomic E-state index is 5.37. The van der Waals surface area contributed by atoms with Gasteiger partial charge in [0.2, 0.25) is 0 Å². The van der Waals surface area contributed by atoms with Crippen LogP contribution in [-0.4, -0.2) is 38.8 Å². The molecular formula is C19H32IN3O. The van der Waals surface area contributed by atoms with Gasteiger partial charge < -0.3 is 15.4 Å². The van der Waals surface area contributed by atoms with Gasteiger partial charge in [-0.1, -0.05) is 24.3 Å². The van der Waals surface area contributed by atoms with E-state index in [1.54, 1.807) is 0 Å². The molecule has 0 saturated heterocycles. The number of ether oxygens (including phenoxy) is 1. The van der Waals surface area contributed by atoms with Gasteiger partial charge in [0.05, 0.1) is 6.54 Å². The number of hydrogen-bond acceptors (Lipinski definition) is 2. The summed E-state index contributed by atoms with van der Waals surface area (Å²) in [6, 6.07) is 8.72. The fraction of sp³-hybridized carbons (Fsp3) is 0.632. The second-order valence-electron chi connectivity index (χ2n) is 6.27. The number of nitrogens with zero attached hydrogens (tertiary/aromatic N) is 1. The van der Waals surface area contributed by atoms with Crippen molar-refractivity contribution in [1.29, 1.82) is 0 Å². The molecule has 0 aliphatic heterocycles. The third-order valence-corrected chi connectivity index (χ3v) is 4.42. The van der Waals surface area contributed by atoms with Crippen molar-refractivity contribution < 1.29 is 4.74 Å². The predicted octanol–water partition coefficient (Wildman–Crippen LogP) is 3.63. The van der Waals surface area contributed by atoms with E-state index in [0.29, 0.717) is 0 Å². The lowest BCUT2D eigenvalue weighted by molar-refractivity contribution is 0.145. The van der Waals surface area contributed by atoms with Crippen LogP contribution in [-0.2, 0) is 10.2 Å². The summed E-state index contributed by atoms with van der Waals surface area (Å²) in [5.74, 6) is 0.920. The molecule has 2 rings (SSSR count). The zero-order valence-corrected chi connectivity index (χ0v) is 17.6. The fourth-order valence-electron chi connectivity index (χ4n) is 2.93. The molecule has 1 aliphatic rings. The second-order valence-corrected chi connectivity index (χ2v) is 6.27. The summed E-state index contributed by atoms with van der Waals surface area (Å²) < 4.78 is 5.37. The monoisotopic (exact) mass is 445 g/mol. The third-order valence-electron chi connectivity index (χ3n) is 4.42. The maximum Gasteiger partial charge on any atom is 0.191 e. The van der Waals surface area contributed by atoms with E-state index in [9.17, 15) is 0 Å². The van der Waals surface area contributed by atoms with E-state index < -0.39 is 0 Å². The molecule has 2 N–H and O–H groups in total. The van der Waals surface area contributed by atoms with Crippen LogP contribution in [0.25, 0.3) is 0 Å². The molecule has 1 fully saturated rings. The fourth-order valence-corrected chi connectivity index (χ4v) is 2.93. The minimum Gasteiger partial charge on any atom is -0.382 e. The Kier molecular flexibility index (Phi) is 9.66. The molecule has 0 amide bonds. The van der Waals surface area contributed by atoms with Crippen molar-refractivity contribution >= 4 is 29.9 Å². The Bertz CT molecular complexity index is 515. The third kappa shape index (κ3) is 6.24. The smallest absolute Gasteiger partial charge is 0.191 e. The van der Waals surface area contributed by atoms with Gasteiger partial charge >= 0.3 is 0 Å². The van der Waals surface area contributed by atoms with Crippen LogP contribution in [0.2, 0.25) is 0 Å². The number of nitrogens with one attached hydrogen (secondary N) is 2. The molecule has 1 aromatic carbocycles. The molecule has 0 spiro atoms. The van der Waals surface area contributed by atoms with Gasteiger partial charge in [0.1, 0.15) is 0 Å². The highest BCUT2D eigenvalue weighted by molar-refractivity contribution is 14.0. The van der Waals surface area contributed by atoms with Crippen LogP contribution in [0, 0.1) is 6.92 Å². The number of rotatable bonds is 9. The first-order valence-electron chi connectivity index (χ1n) is 8.88. The molecule has 24 heavy (non-hydrogen) atoms. The Morgan fingerprint density at radius 3 is 2.58 bits per heavy atom. The van der Waals surface area contributed by atoms with Crippen molar-refractivity contribution in [1.82, 2.24) is 10.6 Å². The normalized spacial score (nSPS) is 15.5. The van der Waals surface area contributed by atoms with Crippen LogP contribution < -0.4 is 10.6 Å². The predicted molar refractivity (Wildman–Crippen MR) is 113 cm³/mol. The largest absolute Gasteiger partial charge is 0.382 e. The van der Waals surface area contributed by atoms with Crippen LogP contribution >= 0.6 is 24.0 Å². The molecule has 0 atom stereocenters. The van der Waals surface area contributed by atoms with Crippen LogP contribution in [0.5, 0.6) is 0 Å². The maximum absolute atomic E-state index is 5.37. The first kappa shape index (κ1) is 21.2. The number of guanidine groups is 1. The molecule has 5 heteroatoms. The average Bonchev–Trinajstić information content (AvgIpc) is 3.34. The minimum absolute atomic E-state index is 0. The Labute approximate surface area is 163 Å². The summed E-state index contributed by atoms with van der Waals surface area (Å²) in [6.45, 7) is 10.6. The molecule has 0 heterocycles. The quantitative estimate of drug-likeness (QED) is 0.264. The van der Waals surface area contributed by atoms with E-state index in [1.165, 1.54) is 24.0 Å². The number of hydrogen-bond donors (Lipinski definition) is 2. The molecule has 1 saturated carbocycles. The molecule has 0 aromatic heterocycles. The van der Waals surface area contributed by atoms with Crippen molar-refractivity contribution in [3.05, 3.63) is 35.4 Å². The Balaban J connectivity index is 0.00000288. The standard InChI is InChI=1S/C19H31N3O.HI/c1-4-20-18(21-13-8-14-23-5-2)22-15-19(11-12-19)17-10-7-6-9-16(17)3;/h6-7,9-10H,4-5,8,11-15H2,1-3H3,(H2,20,21,22);1H. The molecule has 0 radical (unpaired) electrons. The summed E-state index contributed by atoms with van der Waals surface area (Å²) in [5, 5.41) is 6.74. The average molecular weight is 445 g/mol. The number of benzene rings is 1. The van der Waals surface area contributed by atoms with Gasteiger partial charge in [0.15, 0.2) is 5.96 Å². The Morgan fingerprint density at radius 1 is 1.21 bits per heavy atom. The molecule has 0 bridgehead atoms. The summed E-state index contributed by atoms with van der Waals surface area (Å²) >= 11 is 0. The lowest BCUT2D eigenvalue weighted by Gasteiger charge is -2.18. The first-order chi connectivity index (χ1) is 11.2. The zero-order chi connectivity index (χ0) is 16.5. The topological polar surface area (TPSA) is 45.7 Å². The number of aliphatic imine (C=N–C) groups is 1. The highest BCUT2D eigenvalue weighted by atomic mass is 127. The van der Waals surface area contributed by atoms with E-state index in [-0.39, 0.29) is 29.4 Å². The van der Waals surface area contributed by atoms with Gasteiger partial charge in [0, 0.05) is 31.7 Å². The molecule has 4 nitrogen and oxygen atoms in total. The van der Waals surface area contributed by atoms with Crippen LogP contribution in [0.4, 0.5) is 0 Å². The molecule has 0 unspecified atom stereocenters. The second kappa shape index (κ2) is 10.9. The SMILES string of the molecule is CCNC(=NCC1(c2ccccc2C)CC1)NCCCOCC.I. The highest BCUT2D eigenvalue weighted by Crippen LogP contribution is 2.49. The van der Waals surface area contributed by atoms with Gasteiger partial charge in [0.25, 0.3) is 0 Å². The molecule has 136 valence electrons. The summed E-state index contributed by atoms with van der Waals surface area (Å²) in [5.41, 5.74) is 3.12. The van der Waals surface area contributed by atoms with Crippen LogP contribution in [0.3, 0.4) is 0 Å². The molecule has 1 aromatic rings.